The monoisotopic (exact) mass is 300 g/mol. The van der Waals surface area contributed by atoms with E-state index in [0.29, 0.717) is 18.7 Å². The second-order valence-electron chi connectivity index (χ2n) is 5.63. The highest BCUT2D eigenvalue weighted by molar-refractivity contribution is 5.79. The highest BCUT2D eigenvalue weighted by Crippen LogP contribution is 2.29. The molecule has 0 aliphatic carbocycles. The lowest BCUT2D eigenvalue weighted by Gasteiger charge is -2.23. The van der Waals surface area contributed by atoms with Crippen LogP contribution in [0.2, 0.25) is 0 Å². The molecule has 1 heterocycles. The average molecular weight is 300 g/mol. The Morgan fingerprint density at radius 1 is 1.29 bits per heavy atom. The molecule has 0 bridgehead atoms. The van der Waals surface area contributed by atoms with E-state index in [2.05, 4.69) is 5.32 Å². The highest BCUT2D eigenvalue weighted by atomic mass is 19.4. The molecule has 1 aliphatic rings. The Morgan fingerprint density at radius 2 is 1.90 bits per heavy atom. The summed E-state index contributed by atoms with van der Waals surface area (Å²) in [6.45, 7) is 3.83. The van der Waals surface area contributed by atoms with Crippen molar-refractivity contribution in [3.63, 3.8) is 0 Å². The maximum atomic E-state index is 12.5. The smallest absolute Gasteiger partial charge is 0.341 e. The Kier molecular flexibility index (Phi) is 4.56. The van der Waals surface area contributed by atoms with Gasteiger partial charge in [-0.25, -0.2) is 0 Å². The van der Waals surface area contributed by atoms with E-state index in [9.17, 15) is 18.0 Å². The van der Waals surface area contributed by atoms with Crippen molar-refractivity contribution in [1.29, 1.82) is 0 Å². The standard InChI is InChI=1S/C15H19F3N2O/c1-10-7-19-8-13(10)14(21)20(2)9-11-3-5-12(6-4-11)15(16,17)18/h3-6,10,13,19H,7-9H2,1-2H3. The van der Waals surface area contributed by atoms with E-state index in [1.54, 1.807) is 11.9 Å². The number of nitrogens with zero attached hydrogens (tertiary/aromatic N) is 1. The van der Waals surface area contributed by atoms with Crippen molar-refractivity contribution in [3.05, 3.63) is 35.4 Å². The number of halogens is 3. The highest BCUT2D eigenvalue weighted by Gasteiger charge is 2.32. The molecule has 0 aromatic heterocycles. The van der Waals surface area contributed by atoms with Crippen LogP contribution in [-0.4, -0.2) is 30.9 Å². The molecule has 1 fully saturated rings. The molecule has 1 amide bonds. The van der Waals surface area contributed by atoms with E-state index in [-0.39, 0.29) is 17.7 Å². The van der Waals surface area contributed by atoms with Crippen LogP contribution >= 0.6 is 0 Å². The van der Waals surface area contributed by atoms with Crippen LogP contribution in [0, 0.1) is 11.8 Å². The number of hydrogen-bond acceptors (Lipinski definition) is 2. The number of carbonyl (C=O) groups is 1. The number of carbonyl (C=O) groups excluding carboxylic acids is 1. The molecule has 0 spiro atoms. The second-order valence-corrected chi connectivity index (χ2v) is 5.63. The molecule has 6 heteroatoms. The van der Waals surface area contributed by atoms with Crippen molar-refractivity contribution in [2.45, 2.75) is 19.6 Å². The van der Waals surface area contributed by atoms with Gasteiger partial charge in [0.2, 0.25) is 5.91 Å². The van der Waals surface area contributed by atoms with Gasteiger partial charge >= 0.3 is 6.18 Å². The van der Waals surface area contributed by atoms with Gasteiger partial charge < -0.3 is 10.2 Å². The average Bonchev–Trinajstić information content (AvgIpc) is 2.83. The molecule has 2 unspecified atom stereocenters. The third-order valence-electron chi connectivity index (χ3n) is 3.91. The molecular weight excluding hydrogens is 281 g/mol. The summed E-state index contributed by atoms with van der Waals surface area (Å²) in [4.78, 5) is 13.9. The van der Waals surface area contributed by atoms with Gasteiger partial charge in [0.05, 0.1) is 11.5 Å². The predicted octanol–water partition coefficient (Wildman–Crippen LogP) is 2.52. The van der Waals surface area contributed by atoms with Crippen LogP contribution < -0.4 is 5.32 Å². The number of benzene rings is 1. The number of hydrogen-bond donors (Lipinski definition) is 1. The first-order chi connectivity index (χ1) is 9.79. The fourth-order valence-electron chi connectivity index (χ4n) is 2.57. The van der Waals surface area contributed by atoms with E-state index in [4.69, 9.17) is 0 Å². The Balaban J connectivity index is 1.99. The van der Waals surface area contributed by atoms with E-state index in [0.717, 1.165) is 18.7 Å². The van der Waals surface area contributed by atoms with Crippen LogP contribution in [0.4, 0.5) is 13.2 Å². The van der Waals surface area contributed by atoms with E-state index in [1.165, 1.54) is 12.1 Å². The third-order valence-corrected chi connectivity index (χ3v) is 3.91. The van der Waals surface area contributed by atoms with Crippen molar-refractivity contribution in [2.75, 3.05) is 20.1 Å². The lowest BCUT2D eigenvalue weighted by atomic mass is 9.96. The minimum Gasteiger partial charge on any atom is -0.341 e. The molecule has 1 saturated heterocycles. The Morgan fingerprint density at radius 3 is 2.38 bits per heavy atom. The van der Waals surface area contributed by atoms with Gasteiger partial charge in [0.1, 0.15) is 0 Å². The first kappa shape index (κ1) is 15.8. The Hall–Kier alpha value is -1.56. The maximum absolute atomic E-state index is 12.5. The fourth-order valence-corrected chi connectivity index (χ4v) is 2.57. The second kappa shape index (κ2) is 6.05. The van der Waals surface area contributed by atoms with Gasteiger partial charge in [0, 0.05) is 20.1 Å². The molecule has 1 aromatic rings. The van der Waals surface area contributed by atoms with Crippen LogP contribution in [-0.2, 0) is 17.5 Å². The maximum Gasteiger partial charge on any atom is 0.416 e. The van der Waals surface area contributed by atoms with Crippen LogP contribution in [0.5, 0.6) is 0 Å². The molecule has 0 radical (unpaired) electrons. The SMILES string of the molecule is CC1CNCC1C(=O)N(C)Cc1ccc(C(F)(F)F)cc1. The first-order valence-corrected chi connectivity index (χ1v) is 6.91. The van der Waals surface area contributed by atoms with Crippen molar-refractivity contribution < 1.29 is 18.0 Å². The Bertz CT molecular complexity index is 499. The summed E-state index contributed by atoms with van der Waals surface area (Å²) in [6, 6.07) is 4.94. The summed E-state index contributed by atoms with van der Waals surface area (Å²) >= 11 is 0. The number of amides is 1. The van der Waals surface area contributed by atoms with Gasteiger partial charge in [-0.3, -0.25) is 4.79 Å². The molecule has 116 valence electrons. The summed E-state index contributed by atoms with van der Waals surface area (Å²) in [7, 11) is 1.69. The molecule has 1 aliphatic heterocycles. The third kappa shape index (κ3) is 3.75. The lowest BCUT2D eigenvalue weighted by molar-refractivity contribution is -0.138. The largest absolute Gasteiger partial charge is 0.416 e. The lowest BCUT2D eigenvalue weighted by Crippen LogP contribution is -2.35. The number of rotatable bonds is 3. The molecule has 2 atom stereocenters. The summed E-state index contributed by atoms with van der Waals surface area (Å²) in [5.74, 6) is 0.268. The van der Waals surface area contributed by atoms with Gasteiger partial charge in [-0.15, -0.1) is 0 Å². The summed E-state index contributed by atoms with van der Waals surface area (Å²) in [6.07, 6.45) is -4.33. The molecular formula is C15H19F3N2O. The zero-order valence-electron chi connectivity index (χ0n) is 12.1. The number of nitrogens with one attached hydrogen (secondary N) is 1. The quantitative estimate of drug-likeness (QED) is 0.930. The van der Waals surface area contributed by atoms with E-state index in [1.807, 2.05) is 6.92 Å². The van der Waals surface area contributed by atoms with Gasteiger partial charge in [0.25, 0.3) is 0 Å². The molecule has 1 N–H and O–H groups in total. The van der Waals surface area contributed by atoms with Crippen molar-refractivity contribution in [1.82, 2.24) is 10.2 Å². The van der Waals surface area contributed by atoms with Crippen LogP contribution in [0.3, 0.4) is 0 Å². The normalized spacial score (nSPS) is 22.3. The minimum absolute atomic E-state index is 0.0346. The van der Waals surface area contributed by atoms with Gasteiger partial charge in [-0.05, 0) is 30.2 Å². The molecule has 21 heavy (non-hydrogen) atoms. The molecule has 3 nitrogen and oxygen atoms in total. The van der Waals surface area contributed by atoms with E-state index < -0.39 is 11.7 Å². The Labute approximate surface area is 122 Å². The molecule has 1 aromatic carbocycles. The van der Waals surface area contributed by atoms with Gasteiger partial charge in [-0.1, -0.05) is 19.1 Å². The molecule has 2 rings (SSSR count). The molecule has 0 saturated carbocycles. The summed E-state index contributed by atoms with van der Waals surface area (Å²) < 4.78 is 37.5. The van der Waals surface area contributed by atoms with Crippen molar-refractivity contribution in [3.8, 4) is 0 Å². The first-order valence-electron chi connectivity index (χ1n) is 6.91. The zero-order chi connectivity index (χ0) is 15.6. The summed E-state index contributed by atoms with van der Waals surface area (Å²) in [5.41, 5.74) is 0.0197. The topological polar surface area (TPSA) is 32.3 Å². The van der Waals surface area contributed by atoms with Crippen molar-refractivity contribution >= 4 is 5.91 Å². The summed E-state index contributed by atoms with van der Waals surface area (Å²) in [5, 5.41) is 3.17. The predicted molar refractivity (Wildman–Crippen MR) is 73.4 cm³/mol. The van der Waals surface area contributed by atoms with Crippen LogP contribution in [0.15, 0.2) is 24.3 Å². The van der Waals surface area contributed by atoms with Crippen LogP contribution in [0.1, 0.15) is 18.1 Å². The van der Waals surface area contributed by atoms with Gasteiger partial charge in [0.15, 0.2) is 0 Å². The fraction of sp³-hybridized carbons (Fsp3) is 0.533. The minimum atomic E-state index is -4.33. The van der Waals surface area contributed by atoms with Crippen molar-refractivity contribution in [2.24, 2.45) is 11.8 Å². The van der Waals surface area contributed by atoms with E-state index >= 15 is 0 Å². The van der Waals surface area contributed by atoms with Crippen LogP contribution in [0.25, 0.3) is 0 Å². The zero-order valence-corrected chi connectivity index (χ0v) is 12.1. The van der Waals surface area contributed by atoms with Gasteiger partial charge in [-0.2, -0.15) is 13.2 Å². The number of alkyl halides is 3.